The second-order valence-corrected chi connectivity index (χ2v) is 3.75. The van der Waals surface area contributed by atoms with Crippen molar-refractivity contribution in [3.8, 4) is 0 Å². The molecule has 0 heterocycles. The first-order valence-corrected chi connectivity index (χ1v) is 4.95. The van der Waals surface area contributed by atoms with Gasteiger partial charge in [0.2, 0.25) is 0 Å². The van der Waals surface area contributed by atoms with Crippen molar-refractivity contribution in [2.24, 2.45) is 0 Å². The highest BCUT2D eigenvalue weighted by molar-refractivity contribution is 5.76. The monoisotopic (exact) mass is 408 g/mol. The summed E-state index contributed by atoms with van der Waals surface area (Å²) in [6.45, 7) is 0. The van der Waals surface area contributed by atoms with E-state index in [1.807, 2.05) is 4.74 Å². The van der Waals surface area contributed by atoms with Crippen molar-refractivity contribution in [1.82, 2.24) is 0 Å². The van der Waals surface area contributed by atoms with Gasteiger partial charge in [-0.2, -0.15) is 57.1 Å². The van der Waals surface area contributed by atoms with Gasteiger partial charge in [0.15, 0.2) is 0 Å². The lowest BCUT2D eigenvalue weighted by Crippen LogP contribution is -2.65. The van der Waals surface area contributed by atoms with Crippen LogP contribution in [0.5, 0.6) is 0 Å². The minimum Gasteiger partial charge on any atom is -0.477 e. The Morgan fingerprint density at radius 3 is 1.40 bits per heavy atom. The van der Waals surface area contributed by atoms with Gasteiger partial charge in [-0.1, -0.05) is 0 Å². The zero-order valence-corrected chi connectivity index (χ0v) is 10.6. The minimum absolute atomic E-state index is 1.77. The fourth-order valence-corrected chi connectivity index (χ4v) is 0.916. The first kappa shape index (κ1) is 23.1. The lowest BCUT2D eigenvalue weighted by atomic mass is 10.2. The highest BCUT2D eigenvalue weighted by atomic mass is 19.4. The third-order valence-corrected chi connectivity index (χ3v) is 2.03. The summed E-state index contributed by atoms with van der Waals surface area (Å²) in [7, 11) is 0. The van der Waals surface area contributed by atoms with E-state index in [0.717, 1.165) is 0 Å². The molecule has 0 aliphatic heterocycles. The second-order valence-electron chi connectivity index (χ2n) is 3.75. The fraction of sp³-hybridized carbons (Fsp3) is 0.625. The molecule has 0 rings (SSSR count). The summed E-state index contributed by atoms with van der Waals surface area (Å²) in [5, 5.41) is 7.89. The van der Waals surface area contributed by atoms with Gasteiger partial charge in [-0.3, -0.25) is 4.74 Å². The number of aliphatic carboxylic acids is 1. The summed E-state index contributed by atoms with van der Waals surface area (Å²) in [6.07, 6.45) is -25.5. The van der Waals surface area contributed by atoms with Crippen LogP contribution in [-0.2, 0) is 14.3 Å². The van der Waals surface area contributed by atoms with Crippen LogP contribution >= 0.6 is 0 Å². The molecule has 0 bridgehead atoms. The van der Waals surface area contributed by atoms with Crippen LogP contribution in [0.2, 0.25) is 0 Å². The predicted octanol–water partition coefficient (Wildman–Crippen LogP) is 4.19. The summed E-state index contributed by atoms with van der Waals surface area (Å²) in [4.78, 5) is 10.1. The zero-order chi connectivity index (χ0) is 20.6. The van der Waals surface area contributed by atoms with Crippen molar-refractivity contribution in [2.45, 2.75) is 30.2 Å². The van der Waals surface area contributed by atoms with Crippen LogP contribution in [0.25, 0.3) is 0 Å². The first-order chi connectivity index (χ1) is 10.7. The molecule has 0 spiro atoms. The van der Waals surface area contributed by atoms with Crippen LogP contribution in [0.1, 0.15) is 0 Å². The molecule has 0 aliphatic carbocycles. The summed E-state index contributed by atoms with van der Waals surface area (Å²) < 4.78 is 165. The van der Waals surface area contributed by atoms with Gasteiger partial charge in [0.1, 0.15) is 0 Å². The van der Waals surface area contributed by atoms with Crippen LogP contribution in [-0.4, -0.2) is 41.2 Å². The molecule has 0 aromatic carbocycles. The van der Waals surface area contributed by atoms with E-state index < -0.39 is 48.2 Å². The molecule has 0 radical (unpaired) electrons. The molecule has 0 saturated carbocycles. The fourth-order valence-electron chi connectivity index (χ4n) is 0.916. The molecule has 0 aliphatic rings. The number of hydrogen-bond acceptors (Lipinski definition) is 3. The molecule has 2 unspecified atom stereocenters. The van der Waals surface area contributed by atoms with E-state index in [-0.39, 0.29) is 0 Å². The van der Waals surface area contributed by atoms with Crippen molar-refractivity contribution >= 4 is 5.97 Å². The van der Waals surface area contributed by atoms with E-state index in [1.165, 1.54) is 0 Å². The molecular weight excluding hydrogens is 407 g/mol. The van der Waals surface area contributed by atoms with Gasteiger partial charge in [0.05, 0.1) is 0 Å². The van der Waals surface area contributed by atoms with E-state index >= 15 is 0 Å². The molecule has 25 heavy (non-hydrogen) atoms. The van der Waals surface area contributed by atoms with Crippen molar-refractivity contribution in [2.75, 3.05) is 0 Å². The lowest BCUT2D eigenvalue weighted by Gasteiger charge is -2.36. The maximum Gasteiger partial charge on any atom is 0.471 e. The maximum atomic E-state index is 13.4. The summed E-state index contributed by atoms with van der Waals surface area (Å²) in [5.74, 6) is -18.2. The van der Waals surface area contributed by atoms with E-state index in [0.29, 0.717) is 0 Å². The highest BCUT2D eigenvalue weighted by Crippen LogP contribution is 2.52. The second kappa shape index (κ2) is 6.41. The normalized spacial score (nSPS) is 18.1. The molecule has 17 heteroatoms. The predicted molar refractivity (Wildman–Crippen MR) is 44.9 cm³/mol. The van der Waals surface area contributed by atoms with Crippen molar-refractivity contribution in [3.63, 3.8) is 0 Å². The van der Waals surface area contributed by atoms with Gasteiger partial charge >= 0.3 is 48.2 Å². The molecular formula is C8HF13O4. The largest absolute Gasteiger partial charge is 0.477 e. The zero-order valence-electron chi connectivity index (χ0n) is 10.6. The molecule has 0 amide bonds. The van der Waals surface area contributed by atoms with E-state index in [9.17, 15) is 61.9 Å². The third kappa shape index (κ3) is 4.18. The van der Waals surface area contributed by atoms with Gasteiger partial charge in [-0.05, 0) is 0 Å². The van der Waals surface area contributed by atoms with Gasteiger partial charge in [0.25, 0.3) is 0 Å². The maximum absolute atomic E-state index is 13.4. The van der Waals surface area contributed by atoms with Crippen molar-refractivity contribution in [1.29, 1.82) is 0 Å². The Morgan fingerprint density at radius 1 is 0.760 bits per heavy atom. The van der Waals surface area contributed by atoms with Gasteiger partial charge in [-0.15, -0.1) is 0 Å². The Hall–Kier alpha value is -1.94. The first-order valence-electron chi connectivity index (χ1n) is 4.95. The van der Waals surface area contributed by atoms with E-state index in [2.05, 4.69) is 0 Å². The SMILES string of the molecule is O=C(O)C(F)(OC(F)(C(F)(F)F)C(F)(F)OC(F)=C(F)F)C(F)(F)F. The summed E-state index contributed by atoms with van der Waals surface area (Å²) in [5.41, 5.74) is 0. The number of carboxylic acid groups (broad SMARTS) is 1. The number of halogens is 13. The van der Waals surface area contributed by atoms with Crippen molar-refractivity contribution in [3.05, 3.63) is 12.1 Å². The summed E-state index contributed by atoms with van der Waals surface area (Å²) in [6, 6.07) is -3.90. The quantitative estimate of drug-likeness (QED) is 0.529. The van der Waals surface area contributed by atoms with Crippen LogP contribution in [0, 0.1) is 0 Å². The minimum atomic E-state index is -7.43. The van der Waals surface area contributed by atoms with Crippen LogP contribution in [0.15, 0.2) is 12.1 Å². The molecule has 0 saturated heterocycles. The smallest absolute Gasteiger partial charge is 0.471 e. The van der Waals surface area contributed by atoms with E-state index in [4.69, 9.17) is 5.11 Å². The Morgan fingerprint density at radius 2 is 1.16 bits per heavy atom. The molecule has 2 atom stereocenters. The number of rotatable bonds is 6. The van der Waals surface area contributed by atoms with Crippen molar-refractivity contribution < 1.29 is 76.5 Å². The Bertz CT molecular complexity index is 547. The lowest BCUT2D eigenvalue weighted by molar-refractivity contribution is -0.497. The molecule has 0 fully saturated rings. The average Bonchev–Trinajstić information content (AvgIpc) is 2.34. The van der Waals surface area contributed by atoms with E-state index in [1.54, 1.807) is 4.74 Å². The molecule has 4 nitrogen and oxygen atoms in total. The van der Waals surface area contributed by atoms with Crippen LogP contribution in [0.3, 0.4) is 0 Å². The average molecular weight is 408 g/mol. The third-order valence-electron chi connectivity index (χ3n) is 2.03. The van der Waals surface area contributed by atoms with Gasteiger partial charge < -0.3 is 9.84 Å². The highest BCUT2D eigenvalue weighted by Gasteiger charge is 2.82. The Labute approximate surface area is 126 Å². The van der Waals surface area contributed by atoms with Gasteiger partial charge in [0, 0.05) is 0 Å². The number of alkyl halides is 10. The van der Waals surface area contributed by atoms with Crippen LogP contribution in [0.4, 0.5) is 57.1 Å². The number of carboxylic acids is 1. The molecule has 0 aromatic heterocycles. The number of hydrogen-bond donors (Lipinski definition) is 1. The molecule has 1 N–H and O–H groups in total. The number of ether oxygens (including phenoxy) is 2. The molecule has 148 valence electrons. The van der Waals surface area contributed by atoms with Crippen LogP contribution < -0.4 is 0 Å². The topological polar surface area (TPSA) is 55.8 Å². The summed E-state index contributed by atoms with van der Waals surface area (Å²) >= 11 is 0. The molecule has 0 aromatic rings. The Kier molecular flexibility index (Phi) is 5.92. The standard InChI is InChI=1S/C8HF13O4/c9-1(10)2(11)24-8(20,21)5(13,7(17,18)19)25-4(12,3(22)23)6(14,15)16/h(H,22,23). The number of carbonyl (C=O) groups is 1. The van der Waals surface area contributed by atoms with Gasteiger partial charge in [-0.25, -0.2) is 4.79 Å². The Balaban J connectivity index is 6.36.